The minimum absolute atomic E-state index is 0.165. The summed E-state index contributed by atoms with van der Waals surface area (Å²) in [5.74, 6) is 0.153. The zero-order chi connectivity index (χ0) is 21.6. The van der Waals surface area contributed by atoms with Crippen molar-refractivity contribution in [2.24, 2.45) is 0 Å². The Morgan fingerprint density at radius 2 is 1.76 bits per heavy atom. The number of sulfonamides is 1. The van der Waals surface area contributed by atoms with Gasteiger partial charge in [0.1, 0.15) is 0 Å². The van der Waals surface area contributed by atoms with E-state index >= 15 is 0 Å². The third kappa shape index (κ3) is 6.35. The van der Waals surface area contributed by atoms with Gasteiger partial charge in [-0.1, -0.05) is 35.9 Å². The molecule has 0 aliphatic heterocycles. The van der Waals surface area contributed by atoms with Crippen LogP contribution in [-0.4, -0.2) is 34.6 Å². The van der Waals surface area contributed by atoms with Gasteiger partial charge < -0.3 is 14.8 Å². The number of rotatable bonds is 9. The van der Waals surface area contributed by atoms with E-state index in [1.807, 2.05) is 0 Å². The van der Waals surface area contributed by atoms with E-state index in [0.717, 1.165) is 0 Å². The van der Waals surface area contributed by atoms with Crippen LogP contribution in [0.4, 0.5) is 0 Å². The molecule has 0 bridgehead atoms. The second kappa shape index (κ2) is 9.96. The van der Waals surface area contributed by atoms with Crippen LogP contribution in [0.5, 0.6) is 11.5 Å². The van der Waals surface area contributed by atoms with Gasteiger partial charge >= 0.3 is 0 Å². The Labute approximate surface area is 176 Å². The molecule has 0 saturated heterocycles. The number of carbonyl (C=O) groups is 1. The first-order chi connectivity index (χ1) is 13.7. The molecule has 2 N–H and O–H groups in total. The highest BCUT2D eigenvalue weighted by Crippen LogP contribution is 2.36. The molecule has 2 aromatic rings. The third-order valence-corrected chi connectivity index (χ3v) is 5.82. The summed E-state index contributed by atoms with van der Waals surface area (Å²) in [6.07, 6.45) is 0. The number of hydrogen-bond acceptors (Lipinski definition) is 5. The van der Waals surface area contributed by atoms with Crippen molar-refractivity contribution in [3.05, 3.63) is 58.1 Å². The monoisotopic (exact) mass is 440 g/mol. The van der Waals surface area contributed by atoms with E-state index in [1.165, 1.54) is 26.4 Å². The van der Waals surface area contributed by atoms with Crippen LogP contribution in [0.2, 0.25) is 5.02 Å². The number of hydrogen-bond donors (Lipinski definition) is 2. The lowest BCUT2D eigenvalue weighted by Gasteiger charge is -2.14. The molecule has 7 nitrogen and oxygen atoms in total. The summed E-state index contributed by atoms with van der Waals surface area (Å²) in [6, 6.07) is 9.89. The lowest BCUT2D eigenvalue weighted by atomic mass is 10.1. The molecule has 0 aliphatic rings. The molecular weight excluding hydrogens is 416 g/mol. The van der Waals surface area contributed by atoms with Crippen molar-refractivity contribution in [2.45, 2.75) is 32.2 Å². The number of nitrogens with one attached hydrogen (secondary N) is 2. The summed E-state index contributed by atoms with van der Waals surface area (Å²) in [5.41, 5.74) is 1.63. The molecule has 29 heavy (non-hydrogen) atoms. The Kier molecular flexibility index (Phi) is 7.89. The number of carbonyl (C=O) groups excluding carboxylic acids is 1. The molecule has 0 aromatic heterocycles. The minimum Gasteiger partial charge on any atom is -0.493 e. The first kappa shape index (κ1) is 23.0. The molecule has 0 fully saturated rings. The quantitative estimate of drug-likeness (QED) is 0.624. The topological polar surface area (TPSA) is 93.7 Å². The second-order valence-corrected chi connectivity index (χ2v) is 8.84. The van der Waals surface area contributed by atoms with Gasteiger partial charge in [0.15, 0.2) is 11.5 Å². The average molecular weight is 441 g/mol. The molecule has 0 spiro atoms. The highest BCUT2D eigenvalue weighted by Gasteiger charge is 2.17. The van der Waals surface area contributed by atoms with Gasteiger partial charge in [-0.3, -0.25) is 4.79 Å². The molecular formula is C20H25ClN2O5S. The molecule has 158 valence electrons. The average Bonchev–Trinajstić information content (AvgIpc) is 2.64. The minimum atomic E-state index is -3.48. The summed E-state index contributed by atoms with van der Waals surface area (Å²) in [4.78, 5) is 12.6. The normalized spacial score (nSPS) is 11.4. The van der Waals surface area contributed by atoms with E-state index < -0.39 is 10.0 Å². The molecule has 2 rings (SSSR count). The Morgan fingerprint density at radius 3 is 2.34 bits per heavy atom. The number of ether oxygens (including phenoxy) is 2. The fraction of sp³-hybridized carbons (Fsp3) is 0.350. The molecule has 0 saturated carbocycles. The molecule has 2 aromatic carbocycles. The van der Waals surface area contributed by atoms with Crippen molar-refractivity contribution in [1.82, 2.24) is 10.0 Å². The fourth-order valence-corrected chi connectivity index (χ4v) is 4.58. The van der Waals surface area contributed by atoms with Crippen LogP contribution in [-0.2, 0) is 22.3 Å². The maximum Gasteiger partial charge on any atom is 0.251 e. The van der Waals surface area contributed by atoms with E-state index in [9.17, 15) is 13.2 Å². The van der Waals surface area contributed by atoms with Gasteiger partial charge in [0.2, 0.25) is 10.0 Å². The summed E-state index contributed by atoms with van der Waals surface area (Å²) in [7, 11) is -0.563. The van der Waals surface area contributed by atoms with Gasteiger partial charge in [-0.15, -0.1) is 0 Å². The van der Waals surface area contributed by atoms with Crippen molar-refractivity contribution in [3.8, 4) is 11.5 Å². The third-order valence-electron chi connectivity index (χ3n) is 4.01. The fourth-order valence-electron chi connectivity index (χ4n) is 2.80. The lowest BCUT2D eigenvalue weighted by molar-refractivity contribution is 0.0950. The molecule has 0 radical (unpaired) electrons. The van der Waals surface area contributed by atoms with Crippen LogP contribution in [0, 0.1) is 0 Å². The van der Waals surface area contributed by atoms with Gasteiger partial charge in [-0.2, -0.15) is 0 Å². The van der Waals surface area contributed by atoms with Crippen LogP contribution < -0.4 is 19.5 Å². The smallest absolute Gasteiger partial charge is 0.251 e. The van der Waals surface area contributed by atoms with E-state index in [-0.39, 0.29) is 29.3 Å². The van der Waals surface area contributed by atoms with Gasteiger partial charge in [0, 0.05) is 18.2 Å². The van der Waals surface area contributed by atoms with Crippen LogP contribution in [0.25, 0.3) is 0 Å². The summed E-state index contributed by atoms with van der Waals surface area (Å²) in [5, 5.41) is 3.04. The zero-order valence-electron chi connectivity index (χ0n) is 16.8. The predicted octanol–water partition coefficient (Wildman–Crippen LogP) is 3.12. The molecule has 0 unspecified atom stereocenters. The van der Waals surface area contributed by atoms with E-state index in [2.05, 4.69) is 10.0 Å². The Bertz CT molecular complexity index is 977. The number of methoxy groups -OCH3 is 2. The number of halogens is 1. The van der Waals surface area contributed by atoms with Crippen molar-refractivity contribution < 1.29 is 22.7 Å². The lowest BCUT2D eigenvalue weighted by Crippen LogP contribution is -2.32. The molecule has 0 atom stereocenters. The zero-order valence-corrected chi connectivity index (χ0v) is 18.4. The summed E-state index contributed by atoms with van der Waals surface area (Å²) < 4.78 is 37.4. The maximum absolute atomic E-state index is 12.6. The van der Waals surface area contributed by atoms with Gasteiger partial charge in [0.05, 0.1) is 25.0 Å². The van der Waals surface area contributed by atoms with Crippen molar-refractivity contribution >= 4 is 27.5 Å². The molecule has 9 heteroatoms. The first-order valence-electron chi connectivity index (χ1n) is 8.93. The van der Waals surface area contributed by atoms with E-state index in [0.29, 0.717) is 28.2 Å². The van der Waals surface area contributed by atoms with Crippen molar-refractivity contribution in [2.75, 3.05) is 14.2 Å². The summed E-state index contributed by atoms with van der Waals surface area (Å²) >= 11 is 6.16. The highest BCUT2D eigenvalue weighted by atomic mass is 35.5. The van der Waals surface area contributed by atoms with Crippen LogP contribution in [0.1, 0.15) is 35.3 Å². The van der Waals surface area contributed by atoms with Gasteiger partial charge in [-0.25, -0.2) is 13.1 Å². The van der Waals surface area contributed by atoms with E-state index in [1.54, 1.807) is 38.1 Å². The largest absolute Gasteiger partial charge is 0.493 e. The number of amides is 1. The van der Waals surface area contributed by atoms with Crippen LogP contribution in [0.15, 0.2) is 36.4 Å². The maximum atomic E-state index is 12.6. The van der Waals surface area contributed by atoms with Crippen molar-refractivity contribution in [1.29, 1.82) is 0 Å². The summed E-state index contributed by atoms with van der Waals surface area (Å²) in [6.45, 7) is 3.69. The molecule has 0 aliphatic carbocycles. The Morgan fingerprint density at radius 1 is 1.10 bits per heavy atom. The highest BCUT2D eigenvalue weighted by molar-refractivity contribution is 7.88. The number of benzene rings is 2. The predicted molar refractivity (Wildman–Crippen MR) is 113 cm³/mol. The van der Waals surface area contributed by atoms with Crippen molar-refractivity contribution in [3.63, 3.8) is 0 Å². The van der Waals surface area contributed by atoms with Crippen LogP contribution in [0.3, 0.4) is 0 Å². The Hall–Kier alpha value is -2.29. The molecule has 1 amide bonds. The molecule has 0 heterocycles. The Balaban J connectivity index is 2.17. The first-order valence-corrected chi connectivity index (χ1v) is 11.0. The standard InChI is InChI=1S/C20H25ClN2O5S/c1-13(2)23-29(25,26)12-15-8-6-5-7-14(15)11-22-20(24)16-9-17(21)19(28-4)18(10-16)27-3/h5-10,13,23H,11-12H2,1-4H3,(H,22,24). The van der Waals surface area contributed by atoms with Crippen LogP contribution >= 0.6 is 11.6 Å². The SMILES string of the molecule is COc1cc(C(=O)NCc2ccccc2CS(=O)(=O)NC(C)C)cc(Cl)c1OC. The van der Waals surface area contributed by atoms with Gasteiger partial charge in [0.25, 0.3) is 5.91 Å². The van der Waals surface area contributed by atoms with Gasteiger partial charge in [-0.05, 0) is 37.1 Å². The van der Waals surface area contributed by atoms with E-state index in [4.69, 9.17) is 21.1 Å². The second-order valence-electron chi connectivity index (χ2n) is 6.68.